The number of hydrogen-bond donors (Lipinski definition) is 1. The quantitative estimate of drug-likeness (QED) is 0.764. The molecule has 0 atom stereocenters. The molecule has 1 N–H and O–H groups in total. The van der Waals surface area contributed by atoms with E-state index in [9.17, 15) is 0 Å². The van der Waals surface area contributed by atoms with Crippen molar-refractivity contribution in [1.29, 1.82) is 0 Å². The van der Waals surface area contributed by atoms with Crippen LogP contribution >= 0.6 is 34.9 Å². The fraction of sp³-hybridized carbons (Fsp3) is 0.308. The van der Waals surface area contributed by atoms with Gasteiger partial charge in [-0.05, 0) is 19.9 Å². The molecule has 21 heavy (non-hydrogen) atoms. The van der Waals surface area contributed by atoms with E-state index in [0.717, 1.165) is 23.1 Å². The Balaban J connectivity index is 1.92. The first-order chi connectivity index (χ1) is 10.1. The van der Waals surface area contributed by atoms with Crippen LogP contribution in [0, 0.1) is 0 Å². The van der Waals surface area contributed by atoms with Crippen LogP contribution < -0.4 is 5.32 Å². The Hall–Kier alpha value is -1.37. The fourth-order valence-corrected chi connectivity index (χ4v) is 3.33. The molecule has 3 rings (SSSR count). The third-order valence-electron chi connectivity index (χ3n) is 3.19. The van der Waals surface area contributed by atoms with Gasteiger partial charge in [0.1, 0.15) is 11.0 Å². The molecule has 0 aliphatic heterocycles. The number of fused-ring (bicyclic) bond motifs is 1. The van der Waals surface area contributed by atoms with Gasteiger partial charge in [0.2, 0.25) is 0 Å². The monoisotopic (exact) mass is 341 g/mol. The van der Waals surface area contributed by atoms with E-state index in [1.807, 2.05) is 12.5 Å². The Kier molecular flexibility index (Phi) is 4.01. The molecule has 8 heteroatoms. The molecule has 0 saturated carbocycles. The van der Waals surface area contributed by atoms with Crippen molar-refractivity contribution in [2.75, 3.05) is 5.32 Å². The zero-order chi connectivity index (χ0) is 15.0. The standard InChI is InChI=1S/C13H13Cl2N5S/c1-7(2)20-6-16-4-8(20)5-17-11-9(14)3-10(15)12-13(11)19-21-18-12/h3-4,6-7,17H,5H2,1-2H3. The second-order valence-corrected chi connectivity index (χ2v) is 6.26. The number of nitrogens with zero attached hydrogens (tertiary/aromatic N) is 4. The number of halogens is 2. The van der Waals surface area contributed by atoms with Crippen molar-refractivity contribution in [1.82, 2.24) is 18.3 Å². The highest BCUT2D eigenvalue weighted by atomic mass is 35.5. The highest BCUT2D eigenvalue weighted by molar-refractivity contribution is 7.00. The van der Waals surface area contributed by atoms with E-state index in [0.29, 0.717) is 33.7 Å². The van der Waals surface area contributed by atoms with E-state index in [1.165, 1.54) is 0 Å². The number of rotatable bonds is 4. The van der Waals surface area contributed by atoms with Crippen molar-refractivity contribution < 1.29 is 0 Å². The van der Waals surface area contributed by atoms with E-state index in [4.69, 9.17) is 23.2 Å². The average Bonchev–Trinajstić information content (AvgIpc) is 3.06. The lowest BCUT2D eigenvalue weighted by Gasteiger charge is -2.14. The summed E-state index contributed by atoms with van der Waals surface area (Å²) in [4.78, 5) is 4.19. The molecule has 0 aliphatic rings. The molecule has 1 aromatic carbocycles. The van der Waals surface area contributed by atoms with Crippen molar-refractivity contribution >= 4 is 51.7 Å². The minimum Gasteiger partial charge on any atom is -0.376 e. The maximum atomic E-state index is 6.28. The van der Waals surface area contributed by atoms with Gasteiger partial charge in [-0.15, -0.1) is 0 Å². The first-order valence-electron chi connectivity index (χ1n) is 6.42. The lowest BCUT2D eigenvalue weighted by Crippen LogP contribution is -2.09. The molecule has 0 bridgehead atoms. The topological polar surface area (TPSA) is 55.6 Å². The summed E-state index contributed by atoms with van der Waals surface area (Å²) in [7, 11) is 0. The molecule has 0 fully saturated rings. The van der Waals surface area contributed by atoms with Gasteiger partial charge < -0.3 is 9.88 Å². The molecule has 110 valence electrons. The van der Waals surface area contributed by atoms with Gasteiger partial charge >= 0.3 is 0 Å². The van der Waals surface area contributed by atoms with Crippen LogP contribution in [0.4, 0.5) is 5.69 Å². The maximum absolute atomic E-state index is 6.28. The summed E-state index contributed by atoms with van der Waals surface area (Å²) >= 11 is 13.5. The molecule has 3 aromatic rings. The summed E-state index contributed by atoms with van der Waals surface area (Å²) in [5.74, 6) is 0. The van der Waals surface area contributed by atoms with Crippen LogP contribution in [-0.4, -0.2) is 18.3 Å². The van der Waals surface area contributed by atoms with E-state index in [1.54, 1.807) is 6.07 Å². The Labute approximate surface area is 136 Å². The Morgan fingerprint density at radius 1 is 1.24 bits per heavy atom. The van der Waals surface area contributed by atoms with Crippen molar-refractivity contribution in [3.05, 3.63) is 34.3 Å². The molecule has 0 unspecified atom stereocenters. The van der Waals surface area contributed by atoms with Gasteiger partial charge in [0, 0.05) is 12.2 Å². The summed E-state index contributed by atoms with van der Waals surface area (Å²) in [6, 6.07) is 2.04. The summed E-state index contributed by atoms with van der Waals surface area (Å²) in [5, 5.41) is 4.37. The molecule has 5 nitrogen and oxygen atoms in total. The molecule has 2 aromatic heterocycles. The van der Waals surface area contributed by atoms with E-state index < -0.39 is 0 Å². The van der Waals surface area contributed by atoms with Gasteiger partial charge in [-0.3, -0.25) is 0 Å². The number of anilines is 1. The van der Waals surface area contributed by atoms with Gasteiger partial charge in [-0.1, -0.05) is 23.2 Å². The molecule has 0 aliphatic carbocycles. The number of imidazole rings is 1. The third-order valence-corrected chi connectivity index (χ3v) is 4.31. The lowest BCUT2D eigenvalue weighted by molar-refractivity contribution is 0.577. The summed E-state index contributed by atoms with van der Waals surface area (Å²) in [6.45, 7) is 4.83. The number of nitrogens with one attached hydrogen (secondary N) is 1. The predicted molar refractivity (Wildman–Crippen MR) is 87.4 cm³/mol. The van der Waals surface area contributed by atoms with Crippen molar-refractivity contribution in [3.63, 3.8) is 0 Å². The number of hydrogen-bond acceptors (Lipinski definition) is 5. The fourth-order valence-electron chi connectivity index (χ4n) is 2.16. The molecule has 0 radical (unpaired) electrons. The van der Waals surface area contributed by atoms with Crippen LogP contribution in [0.2, 0.25) is 10.0 Å². The Morgan fingerprint density at radius 2 is 2.00 bits per heavy atom. The largest absolute Gasteiger partial charge is 0.376 e. The molecular weight excluding hydrogens is 329 g/mol. The Morgan fingerprint density at radius 3 is 2.76 bits per heavy atom. The zero-order valence-electron chi connectivity index (χ0n) is 11.5. The van der Waals surface area contributed by atoms with Crippen LogP contribution in [0.1, 0.15) is 25.6 Å². The first-order valence-corrected chi connectivity index (χ1v) is 7.91. The normalized spacial score (nSPS) is 11.5. The number of aromatic nitrogens is 4. The van der Waals surface area contributed by atoms with Gasteiger partial charge in [0.15, 0.2) is 0 Å². The highest BCUT2D eigenvalue weighted by Gasteiger charge is 2.14. The van der Waals surface area contributed by atoms with E-state index in [-0.39, 0.29) is 0 Å². The predicted octanol–water partition coefficient (Wildman–Crippen LogP) is 4.39. The smallest absolute Gasteiger partial charge is 0.130 e. The lowest BCUT2D eigenvalue weighted by atomic mass is 10.2. The first kappa shape index (κ1) is 14.6. The molecule has 0 spiro atoms. The molecule has 2 heterocycles. The van der Waals surface area contributed by atoms with Gasteiger partial charge in [0.05, 0.1) is 46.0 Å². The van der Waals surface area contributed by atoms with Crippen LogP contribution in [-0.2, 0) is 6.54 Å². The highest BCUT2D eigenvalue weighted by Crippen LogP contribution is 2.35. The SMILES string of the molecule is CC(C)n1cncc1CNc1c(Cl)cc(Cl)c2nsnc12. The van der Waals surface area contributed by atoms with E-state index >= 15 is 0 Å². The van der Waals surface area contributed by atoms with Crippen molar-refractivity contribution in [2.24, 2.45) is 0 Å². The van der Waals surface area contributed by atoms with E-state index in [2.05, 4.69) is 37.5 Å². The molecular formula is C13H13Cl2N5S. The van der Waals surface area contributed by atoms with Crippen molar-refractivity contribution in [2.45, 2.75) is 26.4 Å². The van der Waals surface area contributed by atoms with Crippen LogP contribution in [0.15, 0.2) is 18.6 Å². The van der Waals surface area contributed by atoms with Crippen LogP contribution in [0.3, 0.4) is 0 Å². The summed E-state index contributed by atoms with van der Waals surface area (Å²) in [5.41, 5.74) is 3.20. The van der Waals surface area contributed by atoms with Crippen molar-refractivity contribution in [3.8, 4) is 0 Å². The molecule has 0 saturated heterocycles. The van der Waals surface area contributed by atoms with Crippen LogP contribution in [0.5, 0.6) is 0 Å². The minimum absolute atomic E-state index is 0.353. The number of benzene rings is 1. The average molecular weight is 342 g/mol. The minimum atomic E-state index is 0.353. The summed E-state index contributed by atoms with van der Waals surface area (Å²) < 4.78 is 10.6. The zero-order valence-corrected chi connectivity index (χ0v) is 13.8. The Bertz CT molecular complexity index is 780. The second kappa shape index (κ2) is 5.79. The maximum Gasteiger partial charge on any atom is 0.130 e. The van der Waals surface area contributed by atoms with Gasteiger partial charge in [-0.2, -0.15) is 8.75 Å². The summed E-state index contributed by atoms with van der Waals surface area (Å²) in [6.07, 6.45) is 3.67. The second-order valence-electron chi connectivity index (χ2n) is 4.92. The third kappa shape index (κ3) is 2.71. The van der Waals surface area contributed by atoms with Gasteiger partial charge in [-0.25, -0.2) is 4.98 Å². The van der Waals surface area contributed by atoms with Crippen LogP contribution in [0.25, 0.3) is 11.0 Å². The molecule has 0 amide bonds. The van der Waals surface area contributed by atoms with Gasteiger partial charge in [0.25, 0.3) is 0 Å².